The van der Waals surface area contributed by atoms with Crippen LogP contribution in [-0.2, 0) is 0 Å². The molecule has 0 amide bonds. The van der Waals surface area contributed by atoms with Crippen LogP contribution < -0.4 is 5.63 Å². The van der Waals surface area contributed by atoms with Crippen molar-refractivity contribution in [3.8, 4) is 22.6 Å². The summed E-state index contributed by atoms with van der Waals surface area (Å²) in [6.45, 7) is 0. The molecule has 136 valence electrons. The summed E-state index contributed by atoms with van der Waals surface area (Å²) < 4.78 is 12.8. The lowest BCUT2D eigenvalue weighted by Gasteiger charge is -2.02. The van der Waals surface area contributed by atoms with Crippen LogP contribution >= 0.6 is 27.5 Å². The van der Waals surface area contributed by atoms with Crippen LogP contribution in [0.25, 0.3) is 44.4 Å². The van der Waals surface area contributed by atoms with Gasteiger partial charge in [0.1, 0.15) is 22.5 Å². The maximum absolute atomic E-state index is 12.9. The molecule has 28 heavy (non-hydrogen) atoms. The first-order valence-corrected chi connectivity index (χ1v) is 9.79. The van der Waals surface area contributed by atoms with E-state index in [4.69, 9.17) is 20.4 Å². The summed E-state index contributed by atoms with van der Waals surface area (Å²) in [5.74, 6) is 1.11. The number of benzene rings is 3. The predicted molar refractivity (Wildman–Crippen MR) is 116 cm³/mol. The van der Waals surface area contributed by atoms with Gasteiger partial charge in [0.2, 0.25) is 0 Å². The quantitative estimate of drug-likeness (QED) is 0.265. The van der Waals surface area contributed by atoms with Crippen molar-refractivity contribution >= 4 is 49.3 Å². The summed E-state index contributed by atoms with van der Waals surface area (Å²) in [4.78, 5) is 12.9. The minimum Gasteiger partial charge on any atom is -0.454 e. The van der Waals surface area contributed by atoms with Crippen LogP contribution in [0.3, 0.4) is 0 Å². The molecular formula is C23H12BrClO3. The van der Waals surface area contributed by atoms with Crippen molar-refractivity contribution in [3.05, 3.63) is 92.7 Å². The molecule has 5 aromatic rings. The molecule has 0 aliphatic rings. The molecule has 2 heterocycles. The van der Waals surface area contributed by atoms with E-state index in [0.29, 0.717) is 27.5 Å². The molecule has 0 atom stereocenters. The molecule has 0 saturated heterocycles. The second-order valence-corrected chi connectivity index (χ2v) is 7.77. The van der Waals surface area contributed by atoms with Crippen molar-refractivity contribution in [1.29, 1.82) is 0 Å². The lowest BCUT2D eigenvalue weighted by Crippen LogP contribution is -1.99. The summed E-state index contributed by atoms with van der Waals surface area (Å²) in [5.41, 5.74) is 1.74. The van der Waals surface area contributed by atoms with Crippen molar-refractivity contribution < 1.29 is 8.83 Å². The molecule has 2 aromatic heterocycles. The Hall–Kier alpha value is -2.82. The molecule has 0 fully saturated rings. The fourth-order valence-corrected chi connectivity index (χ4v) is 3.90. The first-order chi connectivity index (χ1) is 13.6. The molecule has 0 unspecified atom stereocenters. The van der Waals surface area contributed by atoms with Crippen LogP contribution in [0.5, 0.6) is 0 Å². The van der Waals surface area contributed by atoms with E-state index in [-0.39, 0.29) is 0 Å². The molecule has 0 aliphatic heterocycles. The van der Waals surface area contributed by atoms with Gasteiger partial charge in [0.25, 0.3) is 0 Å². The van der Waals surface area contributed by atoms with E-state index in [1.807, 2.05) is 54.6 Å². The van der Waals surface area contributed by atoms with Crippen LogP contribution in [0.2, 0.25) is 5.02 Å². The number of halogens is 2. The topological polar surface area (TPSA) is 43.4 Å². The van der Waals surface area contributed by atoms with Gasteiger partial charge in [0.15, 0.2) is 0 Å². The third kappa shape index (κ3) is 2.77. The van der Waals surface area contributed by atoms with E-state index in [1.165, 1.54) is 0 Å². The van der Waals surface area contributed by atoms with Crippen LogP contribution in [0, 0.1) is 0 Å². The first kappa shape index (κ1) is 17.3. The van der Waals surface area contributed by atoms with E-state index in [1.54, 1.807) is 18.2 Å². The minimum atomic E-state index is -0.423. The predicted octanol–water partition coefficient (Wildman–Crippen LogP) is 7.29. The molecule has 0 radical (unpaired) electrons. The third-order valence-corrected chi connectivity index (χ3v) is 5.41. The Kier molecular flexibility index (Phi) is 4.11. The van der Waals surface area contributed by atoms with Crippen molar-refractivity contribution in [2.45, 2.75) is 0 Å². The summed E-state index contributed by atoms with van der Waals surface area (Å²) >= 11 is 9.57. The molecule has 0 bridgehead atoms. The summed E-state index contributed by atoms with van der Waals surface area (Å²) in [6, 6.07) is 22.5. The number of rotatable bonds is 2. The maximum atomic E-state index is 12.9. The Bertz CT molecular complexity index is 1380. The lowest BCUT2D eigenvalue weighted by molar-refractivity contribution is 0.567. The van der Waals surface area contributed by atoms with E-state index in [0.717, 1.165) is 26.4 Å². The Labute approximate surface area is 173 Å². The highest BCUT2D eigenvalue weighted by Crippen LogP contribution is 2.41. The number of hydrogen-bond donors (Lipinski definition) is 0. The van der Waals surface area contributed by atoms with E-state index in [2.05, 4.69) is 15.9 Å². The Morgan fingerprint density at radius 2 is 1.43 bits per heavy atom. The Balaban J connectivity index is 1.98. The van der Waals surface area contributed by atoms with Gasteiger partial charge < -0.3 is 8.83 Å². The van der Waals surface area contributed by atoms with Crippen molar-refractivity contribution in [1.82, 2.24) is 0 Å². The van der Waals surface area contributed by atoms with Crippen molar-refractivity contribution in [3.63, 3.8) is 0 Å². The molecule has 5 heteroatoms. The van der Waals surface area contributed by atoms with Crippen LogP contribution in [0.1, 0.15) is 0 Å². The van der Waals surface area contributed by atoms with E-state index >= 15 is 0 Å². The van der Waals surface area contributed by atoms with Crippen LogP contribution in [0.15, 0.2) is 90.9 Å². The smallest absolute Gasteiger partial charge is 0.348 e. The van der Waals surface area contributed by atoms with Crippen LogP contribution in [-0.4, -0.2) is 0 Å². The monoisotopic (exact) mass is 450 g/mol. The zero-order valence-electron chi connectivity index (χ0n) is 14.4. The van der Waals surface area contributed by atoms with Gasteiger partial charge in [0.05, 0.1) is 0 Å². The highest BCUT2D eigenvalue weighted by atomic mass is 79.9. The number of fused-ring (bicyclic) bond motifs is 3. The van der Waals surface area contributed by atoms with Crippen LogP contribution in [0.4, 0.5) is 0 Å². The Morgan fingerprint density at radius 1 is 0.750 bits per heavy atom. The van der Waals surface area contributed by atoms with Crippen molar-refractivity contribution in [2.75, 3.05) is 0 Å². The molecule has 0 spiro atoms. The third-order valence-electron chi connectivity index (χ3n) is 4.67. The molecule has 0 N–H and O–H groups in total. The second-order valence-electron chi connectivity index (χ2n) is 6.41. The molecule has 0 aliphatic carbocycles. The Morgan fingerprint density at radius 3 is 2.18 bits per heavy atom. The van der Waals surface area contributed by atoms with E-state index < -0.39 is 5.63 Å². The summed E-state index contributed by atoms with van der Waals surface area (Å²) in [5, 5.41) is 2.60. The van der Waals surface area contributed by atoms with Crippen molar-refractivity contribution in [2.24, 2.45) is 0 Å². The average molecular weight is 452 g/mol. The molecule has 3 aromatic carbocycles. The van der Waals surface area contributed by atoms with Gasteiger partial charge in [-0.3, -0.25) is 0 Å². The lowest BCUT2D eigenvalue weighted by atomic mass is 10.0. The fourth-order valence-electron chi connectivity index (χ4n) is 3.42. The van der Waals surface area contributed by atoms with Gasteiger partial charge in [-0.05, 0) is 42.5 Å². The normalized spacial score (nSPS) is 11.4. The minimum absolute atomic E-state index is 0.423. The van der Waals surface area contributed by atoms with Gasteiger partial charge in [-0.1, -0.05) is 57.9 Å². The first-order valence-electron chi connectivity index (χ1n) is 8.62. The van der Waals surface area contributed by atoms with Gasteiger partial charge in [-0.15, -0.1) is 0 Å². The summed E-state index contributed by atoms with van der Waals surface area (Å²) in [6.07, 6.45) is 0. The SMILES string of the molecule is O=c1oc2ccc(Br)cc2c2c(-c3ccc(Cl)cc3)oc(-c3ccccc3)c12. The largest absolute Gasteiger partial charge is 0.454 e. The summed E-state index contributed by atoms with van der Waals surface area (Å²) in [7, 11) is 0. The highest BCUT2D eigenvalue weighted by molar-refractivity contribution is 9.10. The second kappa shape index (κ2) is 6.66. The standard InChI is InChI=1S/C23H12BrClO3/c24-15-8-11-18-17(12-15)19-20(23(26)27-18)22(13-4-2-1-3-5-13)28-21(19)14-6-9-16(25)10-7-14/h1-12H. The molecule has 5 rings (SSSR count). The van der Waals surface area contributed by atoms with Gasteiger partial charge >= 0.3 is 5.63 Å². The number of furan rings is 1. The molecule has 0 saturated carbocycles. The fraction of sp³-hybridized carbons (Fsp3) is 0. The van der Waals surface area contributed by atoms with Gasteiger partial charge in [0, 0.05) is 31.4 Å². The molecular weight excluding hydrogens is 440 g/mol. The highest BCUT2D eigenvalue weighted by Gasteiger charge is 2.23. The zero-order chi connectivity index (χ0) is 19.3. The molecule has 3 nitrogen and oxygen atoms in total. The maximum Gasteiger partial charge on any atom is 0.348 e. The zero-order valence-corrected chi connectivity index (χ0v) is 16.8. The number of hydrogen-bond acceptors (Lipinski definition) is 3. The van der Waals surface area contributed by atoms with Gasteiger partial charge in [-0.2, -0.15) is 0 Å². The van der Waals surface area contributed by atoms with E-state index in [9.17, 15) is 4.79 Å². The average Bonchev–Trinajstić information content (AvgIpc) is 3.11. The van der Waals surface area contributed by atoms with Gasteiger partial charge in [-0.25, -0.2) is 4.79 Å².